The fourth-order valence-electron chi connectivity index (χ4n) is 6.36. The summed E-state index contributed by atoms with van der Waals surface area (Å²) in [5.41, 5.74) is 7.03. The van der Waals surface area contributed by atoms with Gasteiger partial charge in [-0.1, -0.05) is 72.8 Å². The minimum Gasteiger partial charge on any atom is -0.493 e. The number of anilines is 1. The highest BCUT2D eigenvalue weighted by molar-refractivity contribution is 5.89. The molecule has 0 aliphatic carbocycles. The van der Waals surface area contributed by atoms with Gasteiger partial charge in [-0.2, -0.15) is 0 Å². The number of hydrogen-bond donors (Lipinski definition) is 1. The zero-order valence-corrected chi connectivity index (χ0v) is 25.6. The van der Waals surface area contributed by atoms with E-state index in [0.29, 0.717) is 12.5 Å². The van der Waals surface area contributed by atoms with Gasteiger partial charge in [-0.25, -0.2) is 9.97 Å². The van der Waals surface area contributed by atoms with E-state index in [1.807, 2.05) is 24.4 Å². The second kappa shape index (κ2) is 13.9. The Hall–Kier alpha value is -4.81. The molecule has 7 rings (SSSR count). The Morgan fingerprint density at radius 2 is 1.53 bits per heavy atom. The third kappa shape index (κ3) is 7.13. The Labute approximate surface area is 265 Å². The number of ether oxygens (including phenoxy) is 1. The first kappa shape index (κ1) is 28.9. The van der Waals surface area contributed by atoms with Gasteiger partial charge in [0, 0.05) is 29.6 Å². The minimum atomic E-state index is 0.581. The molecule has 6 nitrogen and oxygen atoms in total. The fraction of sp³-hybridized carbons (Fsp3) is 0.256. The molecule has 0 radical (unpaired) electrons. The summed E-state index contributed by atoms with van der Waals surface area (Å²) >= 11 is 0. The Kier molecular flexibility index (Phi) is 8.92. The number of benzene rings is 4. The third-order valence-electron chi connectivity index (χ3n) is 8.98. The maximum absolute atomic E-state index is 6.28. The molecule has 4 aromatic carbocycles. The number of fused-ring (bicyclic) bond motifs is 2. The molecule has 6 heteroatoms. The zero-order chi connectivity index (χ0) is 30.3. The highest BCUT2D eigenvalue weighted by Crippen LogP contribution is 2.27. The lowest BCUT2D eigenvalue weighted by Gasteiger charge is -2.31. The predicted octanol–water partition coefficient (Wildman–Crippen LogP) is 8.18. The molecule has 226 valence electrons. The van der Waals surface area contributed by atoms with Crippen molar-refractivity contribution in [2.75, 3.05) is 31.6 Å². The summed E-state index contributed by atoms with van der Waals surface area (Å²) in [5, 5.41) is 5.79. The molecule has 3 heterocycles. The van der Waals surface area contributed by atoms with Crippen LogP contribution >= 0.6 is 0 Å². The van der Waals surface area contributed by atoms with Gasteiger partial charge in [0.2, 0.25) is 0 Å². The zero-order valence-electron chi connectivity index (χ0n) is 25.6. The summed E-state index contributed by atoms with van der Waals surface area (Å²) < 4.78 is 6.28. The molecule has 1 aliphatic heterocycles. The van der Waals surface area contributed by atoms with Crippen molar-refractivity contribution in [2.45, 2.75) is 32.2 Å². The lowest BCUT2D eigenvalue weighted by Crippen LogP contribution is -2.36. The van der Waals surface area contributed by atoms with Crippen molar-refractivity contribution in [3.63, 3.8) is 0 Å². The maximum Gasteiger partial charge on any atom is 0.137 e. The molecule has 1 N–H and O–H groups in total. The van der Waals surface area contributed by atoms with Crippen molar-refractivity contribution in [3.05, 3.63) is 127 Å². The van der Waals surface area contributed by atoms with Crippen molar-refractivity contribution in [1.29, 1.82) is 0 Å². The van der Waals surface area contributed by atoms with E-state index in [9.17, 15) is 0 Å². The van der Waals surface area contributed by atoms with Gasteiger partial charge in [-0.15, -0.1) is 0 Å². The van der Waals surface area contributed by atoms with E-state index < -0.39 is 0 Å². The molecule has 6 aromatic rings. The summed E-state index contributed by atoms with van der Waals surface area (Å²) in [6, 6.07) is 35.9. The molecular formula is C39H39N5O. The third-order valence-corrected chi connectivity index (χ3v) is 8.98. The molecule has 0 atom stereocenters. The van der Waals surface area contributed by atoms with Crippen molar-refractivity contribution < 1.29 is 4.74 Å². The molecule has 0 amide bonds. The second-order valence-corrected chi connectivity index (χ2v) is 12.0. The summed E-state index contributed by atoms with van der Waals surface area (Å²) in [7, 11) is 0. The highest BCUT2D eigenvalue weighted by atomic mass is 16.5. The van der Waals surface area contributed by atoms with Crippen molar-refractivity contribution in [3.8, 4) is 16.9 Å². The first-order valence-electron chi connectivity index (χ1n) is 16.1. The lowest BCUT2D eigenvalue weighted by atomic mass is 9.97. The lowest BCUT2D eigenvalue weighted by molar-refractivity contribution is 0.140. The van der Waals surface area contributed by atoms with Crippen LogP contribution in [0.3, 0.4) is 0 Å². The van der Waals surface area contributed by atoms with Crippen LogP contribution in [-0.2, 0) is 13.0 Å². The summed E-state index contributed by atoms with van der Waals surface area (Å²) in [6.07, 6.45) is 8.18. The summed E-state index contributed by atoms with van der Waals surface area (Å²) in [4.78, 5) is 16.2. The number of nitrogens with zero attached hydrogens (tertiary/aromatic N) is 4. The van der Waals surface area contributed by atoms with E-state index in [2.05, 4.69) is 110 Å². The fourth-order valence-corrected chi connectivity index (χ4v) is 6.36. The van der Waals surface area contributed by atoms with Crippen LogP contribution in [0, 0.1) is 5.92 Å². The Morgan fingerprint density at radius 1 is 0.733 bits per heavy atom. The molecule has 2 aromatic heterocycles. The van der Waals surface area contributed by atoms with Gasteiger partial charge in [0.05, 0.1) is 17.6 Å². The van der Waals surface area contributed by atoms with Crippen LogP contribution in [0.2, 0.25) is 0 Å². The van der Waals surface area contributed by atoms with Gasteiger partial charge >= 0.3 is 0 Å². The molecule has 45 heavy (non-hydrogen) atoms. The van der Waals surface area contributed by atoms with Crippen LogP contribution in [-0.4, -0.2) is 46.1 Å². The quantitative estimate of drug-likeness (QED) is 0.163. The van der Waals surface area contributed by atoms with Crippen LogP contribution in [0.4, 0.5) is 5.82 Å². The topological polar surface area (TPSA) is 63.2 Å². The molecule has 1 saturated heterocycles. The van der Waals surface area contributed by atoms with E-state index in [1.165, 1.54) is 46.9 Å². The number of aromatic nitrogens is 3. The molecule has 0 saturated carbocycles. The average Bonchev–Trinajstić information content (AvgIpc) is 3.11. The van der Waals surface area contributed by atoms with Crippen molar-refractivity contribution in [1.82, 2.24) is 19.9 Å². The van der Waals surface area contributed by atoms with Gasteiger partial charge in [-0.05, 0) is 97.8 Å². The average molecular weight is 594 g/mol. The van der Waals surface area contributed by atoms with Crippen LogP contribution in [0.5, 0.6) is 5.75 Å². The number of nitrogens with one attached hydrogen (secondary N) is 1. The number of pyridine rings is 1. The van der Waals surface area contributed by atoms with Gasteiger partial charge in [0.1, 0.15) is 17.9 Å². The molecular weight excluding hydrogens is 554 g/mol. The molecule has 0 spiro atoms. The van der Waals surface area contributed by atoms with Crippen LogP contribution < -0.4 is 10.1 Å². The molecule has 0 bridgehead atoms. The number of piperidine rings is 1. The van der Waals surface area contributed by atoms with Gasteiger partial charge in [-0.3, -0.25) is 4.98 Å². The van der Waals surface area contributed by atoms with E-state index in [-0.39, 0.29) is 0 Å². The van der Waals surface area contributed by atoms with Gasteiger partial charge in [0.15, 0.2) is 0 Å². The van der Waals surface area contributed by atoms with E-state index in [1.54, 1.807) is 6.33 Å². The molecule has 1 fully saturated rings. The number of likely N-dealkylation sites (tertiary alicyclic amines) is 1. The second-order valence-electron chi connectivity index (χ2n) is 12.0. The van der Waals surface area contributed by atoms with Crippen LogP contribution in [0.1, 0.15) is 30.4 Å². The Bertz CT molecular complexity index is 1840. The highest BCUT2D eigenvalue weighted by Gasteiger charge is 2.20. The molecule has 0 unspecified atom stereocenters. The molecule has 1 aliphatic rings. The Balaban J connectivity index is 0.873. The summed E-state index contributed by atoms with van der Waals surface area (Å²) in [5.74, 6) is 2.29. The SMILES string of the molecule is c1ccc(-c2ccc(CNc3ncnc4cc(OCC5CCN(CCCc6ccnc7ccccc67)CC5)ccc34)cc2)cc1. The first-order valence-corrected chi connectivity index (χ1v) is 16.1. The van der Waals surface area contributed by atoms with Crippen molar-refractivity contribution in [2.24, 2.45) is 5.92 Å². The predicted molar refractivity (Wildman–Crippen MR) is 183 cm³/mol. The Morgan fingerprint density at radius 3 is 2.40 bits per heavy atom. The normalized spacial score (nSPS) is 14.1. The summed E-state index contributed by atoms with van der Waals surface area (Å²) in [6.45, 7) is 4.86. The maximum atomic E-state index is 6.28. The standard InChI is InChI=1S/C39H39N5O/c1-2-7-31(8-3-1)32-14-12-29(13-15-32)26-41-39-36-17-16-34(25-38(36)42-28-43-39)45-27-30-19-23-44(24-20-30)22-6-9-33-18-21-40-37-11-5-4-10-35(33)37/h1-5,7-8,10-18,21,25,28,30H,6,9,19-20,22-24,26-27H2,(H,41,42,43). The smallest absolute Gasteiger partial charge is 0.137 e. The van der Waals surface area contributed by atoms with Crippen LogP contribution in [0.15, 0.2) is 116 Å². The number of hydrogen-bond acceptors (Lipinski definition) is 6. The van der Waals surface area contributed by atoms with E-state index in [4.69, 9.17) is 4.74 Å². The number of para-hydroxylation sites is 1. The van der Waals surface area contributed by atoms with Gasteiger partial charge < -0.3 is 15.0 Å². The number of aryl methyl sites for hydroxylation is 1. The first-order chi connectivity index (χ1) is 22.3. The number of rotatable bonds is 11. The van der Waals surface area contributed by atoms with E-state index in [0.717, 1.165) is 60.6 Å². The monoisotopic (exact) mass is 593 g/mol. The largest absolute Gasteiger partial charge is 0.493 e. The minimum absolute atomic E-state index is 0.581. The van der Waals surface area contributed by atoms with E-state index >= 15 is 0 Å². The van der Waals surface area contributed by atoms with Crippen LogP contribution in [0.25, 0.3) is 32.9 Å². The van der Waals surface area contributed by atoms with Crippen molar-refractivity contribution >= 4 is 27.6 Å². The van der Waals surface area contributed by atoms with Gasteiger partial charge in [0.25, 0.3) is 0 Å².